The Morgan fingerprint density at radius 2 is 2.42 bits per heavy atom. The number of aromatic nitrogens is 1. The van der Waals surface area contributed by atoms with E-state index in [2.05, 4.69) is 5.16 Å². The van der Waals surface area contributed by atoms with Gasteiger partial charge in [-0.15, -0.1) is 0 Å². The third kappa shape index (κ3) is 1.13. The van der Waals surface area contributed by atoms with E-state index < -0.39 is 0 Å². The van der Waals surface area contributed by atoms with Gasteiger partial charge in [0, 0.05) is 12.5 Å². The van der Waals surface area contributed by atoms with Crippen molar-refractivity contribution in [3.8, 4) is 11.5 Å². The molecule has 0 spiro atoms. The van der Waals surface area contributed by atoms with Crippen molar-refractivity contribution in [3.63, 3.8) is 0 Å². The van der Waals surface area contributed by atoms with Gasteiger partial charge in [-0.25, -0.2) is 0 Å². The molecule has 0 amide bonds. The highest BCUT2D eigenvalue weighted by molar-refractivity contribution is 5.50. The second-order valence-corrected chi connectivity index (χ2v) is 2.51. The molecule has 3 nitrogen and oxygen atoms in total. The van der Waals surface area contributed by atoms with Crippen LogP contribution in [0, 0.1) is 0 Å². The summed E-state index contributed by atoms with van der Waals surface area (Å²) in [5.74, 6) is 1.62. The van der Waals surface area contributed by atoms with Crippen LogP contribution in [0.25, 0.3) is 11.5 Å². The number of aryl methyl sites for hydroxylation is 1. The van der Waals surface area contributed by atoms with Crippen molar-refractivity contribution in [2.45, 2.75) is 13.3 Å². The number of rotatable bonds is 2. The zero-order valence-corrected chi connectivity index (χ0v) is 6.78. The minimum absolute atomic E-state index is 0.749. The van der Waals surface area contributed by atoms with E-state index in [1.807, 2.05) is 25.1 Å². The van der Waals surface area contributed by atoms with Crippen LogP contribution in [0.1, 0.15) is 12.7 Å². The molecule has 2 heterocycles. The van der Waals surface area contributed by atoms with Crippen LogP contribution >= 0.6 is 0 Å². The fourth-order valence-electron chi connectivity index (χ4n) is 1.02. The molecule has 0 bridgehead atoms. The Morgan fingerprint density at radius 3 is 3.00 bits per heavy atom. The van der Waals surface area contributed by atoms with Gasteiger partial charge in [0.2, 0.25) is 0 Å². The molecule has 12 heavy (non-hydrogen) atoms. The summed E-state index contributed by atoms with van der Waals surface area (Å²) in [6.45, 7) is 2.02. The topological polar surface area (TPSA) is 39.2 Å². The Kier molecular flexibility index (Phi) is 1.70. The maximum absolute atomic E-state index is 5.15. The molecule has 0 aliphatic carbocycles. The van der Waals surface area contributed by atoms with E-state index in [1.54, 1.807) is 6.26 Å². The lowest BCUT2D eigenvalue weighted by Gasteiger charge is -1.82. The van der Waals surface area contributed by atoms with Crippen molar-refractivity contribution in [1.29, 1.82) is 0 Å². The van der Waals surface area contributed by atoms with Crippen molar-refractivity contribution < 1.29 is 8.94 Å². The second kappa shape index (κ2) is 2.85. The molecule has 2 aromatic heterocycles. The molecule has 0 fully saturated rings. The van der Waals surface area contributed by atoms with Gasteiger partial charge < -0.3 is 8.94 Å². The number of hydrogen-bond acceptors (Lipinski definition) is 3. The quantitative estimate of drug-likeness (QED) is 0.682. The summed E-state index contributed by atoms with van der Waals surface area (Å²) >= 11 is 0. The standard InChI is InChI=1S/C9H9NO2/c1-2-7-6-8(10-12-7)9-4-3-5-11-9/h3-6H,2H2,1H3. The maximum atomic E-state index is 5.15. The predicted octanol–water partition coefficient (Wildman–Crippen LogP) is 2.50. The van der Waals surface area contributed by atoms with Gasteiger partial charge in [-0.05, 0) is 12.1 Å². The highest BCUT2D eigenvalue weighted by Crippen LogP contribution is 2.19. The summed E-state index contributed by atoms with van der Waals surface area (Å²) in [7, 11) is 0. The number of furan rings is 1. The smallest absolute Gasteiger partial charge is 0.155 e. The Labute approximate surface area is 70.0 Å². The molecule has 0 aromatic carbocycles. The molecular formula is C9H9NO2. The van der Waals surface area contributed by atoms with Crippen LogP contribution < -0.4 is 0 Å². The van der Waals surface area contributed by atoms with E-state index in [-0.39, 0.29) is 0 Å². The molecule has 0 aliphatic heterocycles. The van der Waals surface area contributed by atoms with Crippen molar-refractivity contribution in [1.82, 2.24) is 5.16 Å². The van der Waals surface area contributed by atoms with E-state index >= 15 is 0 Å². The molecule has 2 aromatic rings. The van der Waals surface area contributed by atoms with Gasteiger partial charge in [-0.3, -0.25) is 0 Å². The molecule has 0 saturated carbocycles. The molecule has 0 saturated heterocycles. The van der Waals surface area contributed by atoms with Gasteiger partial charge in [0.1, 0.15) is 11.5 Å². The summed E-state index contributed by atoms with van der Waals surface area (Å²) in [5, 5.41) is 3.86. The minimum Gasteiger partial charge on any atom is -0.463 e. The third-order valence-electron chi connectivity index (χ3n) is 1.68. The van der Waals surface area contributed by atoms with E-state index in [1.165, 1.54) is 0 Å². The van der Waals surface area contributed by atoms with Gasteiger partial charge in [-0.2, -0.15) is 0 Å². The average Bonchev–Trinajstić information content (AvgIpc) is 2.75. The Bertz CT molecular complexity index is 348. The lowest BCUT2D eigenvalue weighted by atomic mass is 10.3. The molecule has 0 unspecified atom stereocenters. The van der Waals surface area contributed by atoms with E-state index in [9.17, 15) is 0 Å². The van der Waals surface area contributed by atoms with Crippen LogP contribution in [0.3, 0.4) is 0 Å². The molecule has 0 N–H and O–H groups in total. The van der Waals surface area contributed by atoms with Gasteiger partial charge in [-0.1, -0.05) is 12.1 Å². The Hall–Kier alpha value is -1.51. The predicted molar refractivity (Wildman–Crippen MR) is 43.6 cm³/mol. The fraction of sp³-hybridized carbons (Fsp3) is 0.222. The van der Waals surface area contributed by atoms with Crippen LogP contribution in [0.5, 0.6) is 0 Å². The first-order valence-electron chi connectivity index (χ1n) is 3.89. The third-order valence-corrected chi connectivity index (χ3v) is 1.68. The molecule has 0 atom stereocenters. The molecule has 0 radical (unpaired) electrons. The summed E-state index contributed by atoms with van der Waals surface area (Å²) in [4.78, 5) is 0. The summed E-state index contributed by atoms with van der Waals surface area (Å²) in [6, 6.07) is 5.58. The fourth-order valence-corrected chi connectivity index (χ4v) is 1.02. The monoisotopic (exact) mass is 163 g/mol. The zero-order valence-electron chi connectivity index (χ0n) is 6.78. The number of nitrogens with zero attached hydrogens (tertiary/aromatic N) is 1. The largest absolute Gasteiger partial charge is 0.463 e. The lowest BCUT2D eigenvalue weighted by Crippen LogP contribution is -1.69. The first kappa shape index (κ1) is 7.16. The SMILES string of the molecule is CCc1cc(-c2ccco2)no1. The summed E-state index contributed by atoms with van der Waals surface area (Å²) < 4.78 is 10.2. The van der Waals surface area contributed by atoms with Gasteiger partial charge in [0.05, 0.1) is 6.26 Å². The van der Waals surface area contributed by atoms with Crippen molar-refractivity contribution in [3.05, 3.63) is 30.2 Å². The van der Waals surface area contributed by atoms with E-state index in [0.29, 0.717) is 0 Å². The summed E-state index contributed by atoms with van der Waals surface area (Å²) in [5.41, 5.74) is 0.761. The van der Waals surface area contributed by atoms with Crippen molar-refractivity contribution in [2.75, 3.05) is 0 Å². The molecule has 0 aliphatic rings. The van der Waals surface area contributed by atoms with E-state index in [4.69, 9.17) is 8.94 Å². The van der Waals surface area contributed by atoms with Crippen LogP contribution in [-0.4, -0.2) is 5.16 Å². The van der Waals surface area contributed by atoms with Crippen LogP contribution in [0.4, 0.5) is 0 Å². The molecule has 3 heteroatoms. The maximum Gasteiger partial charge on any atom is 0.155 e. The number of hydrogen-bond donors (Lipinski definition) is 0. The highest BCUT2D eigenvalue weighted by atomic mass is 16.5. The molecular weight excluding hydrogens is 154 g/mol. The first-order chi connectivity index (χ1) is 5.90. The Morgan fingerprint density at radius 1 is 1.50 bits per heavy atom. The highest BCUT2D eigenvalue weighted by Gasteiger charge is 2.06. The normalized spacial score (nSPS) is 10.4. The van der Waals surface area contributed by atoms with Gasteiger partial charge in [0.15, 0.2) is 5.76 Å². The van der Waals surface area contributed by atoms with Gasteiger partial charge >= 0.3 is 0 Å². The first-order valence-corrected chi connectivity index (χ1v) is 3.89. The van der Waals surface area contributed by atoms with Crippen LogP contribution in [0.2, 0.25) is 0 Å². The van der Waals surface area contributed by atoms with Crippen LogP contribution in [-0.2, 0) is 6.42 Å². The van der Waals surface area contributed by atoms with Crippen molar-refractivity contribution in [2.24, 2.45) is 0 Å². The summed E-state index contributed by atoms with van der Waals surface area (Å²) in [6.07, 6.45) is 2.48. The van der Waals surface area contributed by atoms with Crippen molar-refractivity contribution >= 4 is 0 Å². The molecule has 62 valence electrons. The zero-order chi connectivity index (χ0) is 8.39. The van der Waals surface area contributed by atoms with Gasteiger partial charge in [0.25, 0.3) is 0 Å². The minimum atomic E-state index is 0.749. The second-order valence-electron chi connectivity index (χ2n) is 2.51. The van der Waals surface area contributed by atoms with Crippen LogP contribution in [0.15, 0.2) is 33.4 Å². The lowest BCUT2D eigenvalue weighted by molar-refractivity contribution is 0.387. The average molecular weight is 163 g/mol. The Balaban J connectivity index is 2.35. The molecule has 2 rings (SSSR count). The van der Waals surface area contributed by atoms with E-state index in [0.717, 1.165) is 23.6 Å².